The molecule has 1 atom stereocenters. The quantitative estimate of drug-likeness (QED) is 0.530. The van der Waals surface area contributed by atoms with Crippen LogP contribution in [0, 0.1) is 5.92 Å². The monoisotopic (exact) mass is 511 g/mol. The minimum Gasteiger partial charge on any atom is -0.478 e. The van der Waals surface area contributed by atoms with Gasteiger partial charge in [0.05, 0.1) is 18.2 Å². The Labute approximate surface area is 206 Å². The van der Waals surface area contributed by atoms with Crippen LogP contribution in [0.5, 0.6) is 11.6 Å². The fraction of sp³-hybridized carbons (Fsp3) is 0.565. The highest BCUT2D eigenvalue weighted by Gasteiger charge is 2.26. The number of anilines is 2. The van der Waals surface area contributed by atoms with Crippen molar-refractivity contribution in [3.8, 4) is 11.6 Å². The van der Waals surface area contributed by atoms with Crippen LogP contribution in [0.4, 0.5) is 20.4 Å². The molecule has 0 amide bonds. The molecule has 1 unspecified atom stereocenters. The predicted octanol–water partition coefficient (Wildman–Crippen LogP) is 2.89. The van der Waals surface area contributed by atoms with Crippen molar-refractivity contribution in [2.75, 3.05) is 50.1 Å². The van der Waals surface area contributed by atoms with Gasteiger partial charge in [-0.1, -0.05) is 6.07 Å². The number of hydrogen-bond donors (Lipinski definition) is 2. The molecule has 0 radical (unpaired) electrons. The molecule has 35 heavy (non-hydrogen) atoms. The van der Waals surface area contributed by atoms with Crippen molar-refractivity contribution >= 4 is 22.6 Å². The Morgan fingerprint density at radius 2 is 1.94 bits per heavy atom. The molecule has 2 saturated heterocycles. The highest BCUT2D eigenvalue weighted by molar-refractivity contribution is 7.82. The maximum atomic E-state index is 13.3. The second-order valence-electron chi connectivity index (χ2n) is 8.65. The second-order valence-corrected chi connectivity index (χ2v) is 10.1. The highest BCUT2D eigenvalue weighted by atomic mass is 32.2. The molecule has 192 valence electrons. The maximum Gasteiger partial charge on any atom is 0.387 e. The number of methoxy groups -OCH3 is 1. The third-order valence-electron chi connectivity index (χ3n) is 6.41. The van der Waals surface area contributed by atoms with Crippen molar-refractivity contribution in [3.63, 3.8) is 0 Å². The number of benzene rings is 1. The van der Waals surface area contributed by atoms with Crippen molar-refractivity contribution in [2.45, 2.75) is 43.2 Å². The average Bonchev–Trinajstić information content (AvgIpc) is 2.89. The smallest absolute Gasteiger partial charge is 0.387 e. The molecule has 2 fully saturated rings. The van der Waals surface area contributed by atoms with E-state index in [1.54, 1.807) is 0 Å². The number of alkyl halides is 2. The summed E-state index contributed by atoms with van der Waals surface area (Å²) in [5, 5.41) is 12.6. The lowest BCUT2D eigenvalue weighted by Gasteiger charge is -2.33. The normalized spacial score (nSPS) is 19.1. The summed E-state index contributed by atoms with van der Waals surface area (Å²) < 4.78 is 49.6. The van der Waals surface area contributed by atoms with E-state index in [2.05, 4.69) is 24.9 Å². The Morgan fingerprint density at radius 1 is 1.20 bits per heavy atom. The van der Waals surface area contributed by atoms with Gasteiger partial charge in [-0.05, 0) is 49.8 Å². The number of ether oxygens (including phenoxy) is 2. The van der Waals surface area contributed by atoms with Crippen LogP contribution in [0.2, 0.25) is 0 Å². The van der Waals surface area contributed by atoms with Gasteiger partial charge in [-0.15, -0.1) is 0 Å². The Balaban J connectivity index is 1.31. The number of aliphatic hydroxyl groups excluding tert-OH is 1. The number of halogens is 2. The molecule has 2 aromatic rings. The maximum absolute atomic E-state index is 13.3. The third-order valence-corrected chi connectivity index (χ3v) is 7.90. The number of nitrogens with one attached hydrogen (secondary N) is 1. The zero-order valence-electron chi connectivity index (χ0n) is 19.6. The number of rotatable bonds is 9. The van der Waals surface area contributed by atoms with Crippen molar-refractivity contribution in [3.05, 3.63) is 30.5 Å². The van der Waals surface area contributed by atoms with E-state index in [0.717, 1.165) is 55.6 Å². The third kappa shape index (κ3) is 6.56. The van der Waals surface area contributed by atoms with E-state index in [0.29, 0.717) is 19.0 Å². The summed E-state index contributed by atoms with van der Waals surface area (Å²) >= 11 is 0. The van der Waals surface area contributed by atoms with E-state index in [1.807, 2.05) is 28.6 Å². The molecular weight excluding hydrogens is 480 g/mol. The van der Waals surface area contributed by atoms with Crippen LogP contribution in [-0.2, 0) is 11.0 Å². The number of piperidine rings is 2. The van der Waals surface area contributed by atoms with Gasteiger partial charge in [-0.3, -0.25) is 0 Å². The van der Waals surface area contributed by atoms with Gasteiger partial charge in [0.2, 0.25) is 11.7 Å². The number of aliphatic hydroxyl groups is 1. The van der Waals surface area contributed by atoms with E-state index in [1.165, 1.54) is 7.11 Å². The lowest BCUT2D eigenvalue weighted by atomic mass is 9.97. The van der Waals surface area contributed by atoms with Gasteiger partial charge in [-0.25, -0.2) is 13.5 Å². The zero-order chi connectivity index (χ0) is 24.8. The molecule has 0 saturated carbocycles. The van der Waals surface area contributed by atoms with E-state index < -0.39 is 17.6 Å². The Kier molecular flexibility index (Phi) is 8.69. The van der Waals surface area contributed by atoms with Crippen LogP contribution in [0.15, 0.2) is 35.4 Å². The molecule has 3 heterocycles. The van der Waals surface area contributed by atoms with Crippen LogP contribution in [0.25, 0.3) is 0 Å². The van der Waals surface area contributed by atoms with E-state index >= 15 is 0 Å². The Morgan fingerprint density at radius 3 is 2.60 bits per heavy atom. The molecule has 12 heteroatoms. The van der Waals surface area contributed by atoms with E-state index in [9.17, 15) is 18.1 Å². The second kappa shape index (κ2) is 11.9. The van der Waals surface area contributed by atoms with Crippen molar-refractivity contribution in [1.82, 2.24) is 14.3 Å². The van der Waals surface area contributed by atoms with Crippen molar-refractivity contribution in [2.24, 2.45) is 5.92 Å². The first-order valence-electron chi connectivity index (χ1n) is 11.7. The molecular formula is C23H31F2N5O4S. The van der Waals surface area contributed by atoms with Crippen LogP contribution < -0.4 is 19.7 Å². The summed E-state index contributed by atoms with van der Waals surface area (Å²) in [7, 11) is 0.0553. The summed E-state index contributed by atoms with van der Waals surface area (Å²) in [5.74, 6) is 0.342. The van der Waals surface area contributed by atoms with Crippen LogP contribution in [0.3, 0.4) is 0 Å². The van der Waals surface area contributed by atoms with Gasteiger partial charge in [0, 0.05) is 44.5 Å². The molecule has 2 aliphatic heterocycles. The van der Waals surface area contributed by atoms with Crippen LogP contribution in [0.1, 0.15) is 25.7 Å². The first kappa shape index (κ1) is 25.5. The minimum atomic E-state index is -2.99. The Hall–Kier alpha value is -2.57. The highest BCUT2D eigenvalue weighted by Crippen LogP contribution is 2.28. The zero-order valence-corrected chi connectivity index (χ0v) is 20.4. The molecule has 9 nitrogen and oxygen atoms in total. The molecule has 0 bridgehead atoms. The van der Waals surface area contributed by atoms with Crippen LogP contribution >= 0.6 is 0 Å². The predicted molar refractivity (Wildman–Crippen MR) is 128 cm³/mol. The van der Waals surface area contributed by atoms with Crippen LogP contribution in [-0.4, -0.2) is 76.1 Å². The largest absolute Gasteiger partial charge is 0.478 e. The first-order valence-corrected chi connectivity index (χ1v) is 12.8. The Bertz CT molecular complexity index is 1000. The molecule has 2 N–H and O–H groups in total. The molecule has 2 aliphatic rings. The summed E-state index contributed by atoms with van der Waals surface area (Å²) in [6.07, 6.45) is 4.52. The van der Waals surface area contributed by atoms with Crippen molar-refractivity contribution < 1.29 is 27.6 Å². The van der Waals surface area contributed by atoms with E-state index in [4.69, 9.17) is 4.74 Å². The number of hydrogen-bond acceptors (Lipinski definition) is 8. The van der Waals surface area contributed by atoms with Gasteiger partial charge in [0.25, 0.3) is 5.88 Å². The fourth-order valence-electron chi connectivity index (χ4n) is 4.41. The molecule has 1 aromatic carbocycles. The summed E-state index contributed by atoms with van der Waals surface area (Å²) in [4.78, 5) is 11.2. The summed E-state index contributed by atoms with van der Waals surface area (Å²) in [5.41, 5.74) is 1.06. The fourth-order valence-corrected chi connectivity index (χ4v) is 5.67. The lowest BCUT2D eigenvalue weighted by Crippen LogP contribution is -2.40. The SMILES string of the molecule is COc1nc(NC2CCN(S(=O)c3cccc(N4CCC(CO)CC4)c3)CC2)ncc1OC(F)F. The molecule has 0 aliphatic carbocycles. The number of nitrogens with zero attached hydrogens (tertiary/aromatic N) is 4. The summed E-state index contributed by atoms with van der Waals surface area (Å²) in [6, 6.07) is 7.94. The topological polar surface area (TPSA) is 100 Å². The molecule has 4 rings (SSSR count). The minimum absolute atomic E-state index is 0.0500. The first-order chi connectivity index (χ1) is 17.0. The van der Waals surface area contributed by atoms with Gasteiger partial charge in [0.15, 0.2) is 0 Å². The molecule has 1 aromatic heterocycles. The van der Waals surface area contributed by atoms with Gasteiger partial charge >= 0.3 is 6.61 Å². The van der Waals surface area contributed by atoms with Gasteiger partial charge in [-0.2, -0.15) is 13.8 Å². The van der Waals surface area contributed by atoms with Gasteiger partial charge < -0.3 is 24.8 Å². The lowest BCUT2D eigenvalue weighted by molar-refractivity contribution is -0.0518. The molecule has 0 spiro atoms. The average molecular weight is 512 g/mol. The van der Waals surface area contributed by atoms with E-state index in [-0.39, 0.29) is 30.2 Å². The number of aromatic nitrogens is 2. The summed E-state index contributed by atoms with van der Waals surface area (Å²) in [6.45, 7) is 0.276. The standard InChI is InChI=1S/C23H31F2N5O4S/c1-33-21-20(34-22(24)25)14-26-23(28-21)27-17-7-11-30(12-8-17)35(32)19-4-2-3-18(13-19)29-9-5-16(15-31)6-10-29/h2-4,13-14,16-17,22,31H,5-12,15H2,1H3,(H,26,27,28). The van der Waals surface area contributed by atoms with Gasteiger partial charge in [0.1, 0.15) is 11.0 Å². The van der Waals surface area contributed by atoms with Crippen molar-refractivity contribution in [1.29, 1.82) is 0 Å².